The van der Waals surface area contributed by atoms with Gasteiger partial charge in [-0.05, 0) is 24.1 Å². The number of aryl methyl sites for hydroxylation is 1. The standard InChI is InChI=1S/C18H18F2NO7P/c1-10-4-11(2-3-12(10)19)8-25-29(24)26-9-16-15(28-29)6-18(27-16)21-7-13(20)14(22)5-17(21)23/h2-4,7,15-16,18H,5-6,8-9H2,1H3/t15-,16+,18+,29?/m0/s1. The summed E-state index contributed by atoms with van der Waals surface area (Å²) in [6, 6.07) is 4.35. The van der Waals surface area contributed by atoms with E-state index in [1.54, 1.807) is 13.0 Å². The zero-order valence-corrected chi connectivity index (χ0v) is 16.3. The first kappa shape index (κ1) is 20.3. The highest BCUT2D eigenvalue weighted by molar-refractivity contribution is 7.48. The smallest absolute Gasteiger partial charge is 0.349 e. The number of Topliss-reactive ketones (excluding diaryl/α,β-unsaturated/α-hetero) is 1. The van der Waals surface area contributed by atoms with Crippen LogP contribution in [0.3, 0.4) is 0 Å². The first-order chi connectivity index (χ1) is 13.7. The maximum Gasteiger partial charge on any atom is 0.475 e. The van der Waals surface area contributed by atoms with Crippen LogP contribution in [-0.2, 0) is 39.1 Å². The zero-order valence-electron chi connectivity index (χ0n) is 15.4. The number of hydrogen-bond acceptors (Lipinski definition) is 7. The molecule has 0 saturated carbocycles. The fraction of sp³-hybridized carbons (Fsp3) is 0.444. The van der Waals surface area contributed by atoms with Gasteiger partial charge in [0, 0.05) is 12.6 Å². The van der Waals surface area contributed by atoms with Crippen LogP contribution in [0.25, 0.3) is 0 Å². The SMILES string of the molecule is Cc1cc(COP2(=O)OC[C@H]3O[C@@H](N4C=C(F)C(=O)CC4=O)C[C@@H]3O2)ccc1F. The molecule has 0 bridgehead atoms. The van der Waals surface area contributed by atoms with Gasteiger partial charge in [-0.25, -0.2) is 13.3 Å². The fourth-order valence-electron chi connectivity index (χ4n) is 3.33. The number of carbonyl (C=O) groups is 2. The van der Waals surface area contributed by atoms with Gasteiger partial charge < -0.3 is 4.74 Å². The molecule has 1 aromatic carbocycles. The Morgan fingerprint density at radius 3 is 2.83 bits per heavy atom. The summed E-state index contributed by atoms with van der Waals surface area (Å²) in [4.78, 5) is 24.3. The van der Waals surface area contributed by atoms with E-state index >= 15 is 0 Å². The van der Waals surface area contributed by atoms with E-state index in [4.69, 9.17) is 18.3 Å². The number of rotatable bonds is 4. The van der Waals surface area contributed by atoms with E-state index in [1.807, 2.05) is 0 Å². The molecule has 4 rings (SSSR count). The summed E-state index contributed by atoms with van der Waals surface area (Å²) in [5.74, 6) is -2.85. The van der Waals surface area contributed by atoms with Gasteiger partial charge in [-0.3, -0.25) is 28.1 Å². The number of ether oxygens (including phenoxy) is 1. The van der Waals surface area contributed by atoms with Crippen LogP contribution < -0.4 is 0 Å². The average molecular weight is 429 g/mol. The van der Waals surface area contributed by atoms with Crippen LogP contribution in [0.4, 0.5) is 8.78 Å². The Labute approximate surface area is 165 Å². The molecular formula is C18H18F2NO7P. The second-order valence-corrected chi connectivity index (χ2v) is 8.61. The minimum absolute atomic E-state index is 0.103. The summed E-state index contributed by atoms with van der Waals surface area (Å²) < 4.78 is 61.4. The van der Waals surface area contributed by atoms with Crippen LogP contribution in [0.15, 0.2) is 30.2 Å². The number of phosphoric acid groups is 1. The number of amides is 1. The molecule has 0 spiro atoms. The molecule has 11 heteroatoms. The second-order valence-electron chi connectivity index (χ2n) is 6.99. The third-order valence-electron chi connectivity index (χ3n) is 4.88. The maximum absolute atomic E-state index is 13.6. The van der Waals surface area contributed by atoms with Gasteiger partial charge in [-0.15, -0.1) is 0 Å². The van der Waals surface area contributed by atoms with E-state index in [2.05, 4.69) is 0 Å². The van der Waals surface area contributed by atoms with Crippen molar-refractivity contribution in [1.29, 1.82) is 0 Å². The van der Waals surface area contributed by atoms with E-state index in [9.17, 15) is 22.9 Å². The molecule has 29 heavy (non-hydrogen) atoms. The van der Waals surface area contributed by atoms with Crippen LogP contribution in [0.5, 0.6) is 0 Å². The molecule has 0 aliphatic carbocycles. The Hall–Kier alpha value is -1.97. The number of benzene rings is 1. The molecule has 0 radical (unpaired) electrons. The second kappa shape index (κ2) is 7.70. The van der Waals surface area contributed by atoms with Crippen molar-refractivity contribution in [2.75, 3.05) is 6.61 Å². The highest BCUT2D eigenvalue weighted by atomic mass is 31.2. The van der Waals surface area contributed by atoms with Gasteiger partial charge in [-0.2, -0.15) is 0 Å². The Bertz CT molecular complexity index is 937. The Kier molecular flexibility index (Phi) is 5.39. The van der Waals surface area contributed by atoms with Crippen molar-refractivity contribution in [3.8, 4) is 0 Å². The summed E-state index contributed by atoms with van der Waals surface area (Å²) in [7, 11) is -3.90. The lowest BCUT2D eigenvalue weighted by molar-refractivity contribution is -0.146. The predicted octanol–water partition coefficient (Wildman–Crippen LogP) is 2.90. The van der Waals surface area contributed by atoms with Crippen molar-refractivity contribution in [1.82, 2.24) is 4.90 Å². The van der Waals surface area contributed by atoms with Gasteiger partial charge >= 0.3 is 7.82 Å². The highest BCUT2D eigenvalue weighted by Crippen LogP contribution is 2.56. The van der Waals surface area contributed by atoms with Crippen molar-refractivity contribution in [3.05, 3.63) is 47.2 Å². The van der Waals surface area contributed by atoms with E-state index in [0.717, 1.165) is 11.1 Å². The van der Waals surface area contributed by atoms with E-state index < -0.39 is 50.2 Å². The molecule has 2 saturated heterocycles. The lowest BCUT2D eigenvalue weighted by Gasteiger charge is -2.30. The van der Waals surface area contributed by atoms with Crippen molar-refractivity contribution >= 4 is 19.5 Å². The van der Waals surface area contributed by atoms with Crippen molar-refractivity contribution in [3.63, 3.8) is 0 Å². The molecule has 1 aromatic rings. The van der Waals surface area contributed by atoms with Gasteiger partial charge in [0.15, 0.2) is 5.83 Å². The number of halogens is 2. The number of phosphoric ester groups is 1. The minimum atomic E-state index is -3.90. The fourth-order valence-corrected chi connectivity index (χ4v) is 4.72. The molecule has 3 aliphatic heterocycles. The Morgan fingerprint density at radius 2 is 2.07 bits per heavy atom. The maximum atomic E-state index is 13.6. The molecule has 0 N–H and O–H groups in total. The molecule has 156 valence electrons. The summed E-state index contributed by atoms with van der Waals surface area (Å²) in [6.45, 7) is 1.39. The van der Waals surface area contributed by atoms with Gasteiger partial charge in [0.2, 0.25) is 11.7 Å². The molecule has 1 unspecified atom stereocenters. The number of carbonyl (C=O) groups excluding carboxylic acids is 2. The van der Waals surface area contributed by atoms with Gasteiger partial charge in [-0.1, -0.05) is 12.1 Å². The summed E-state index contributed by atoms with van der Waals surface area (Å²) in [5.41, 5.74) is 1.02. The van der Waals surface area contributed by atoms with Gasteiger partial charge in [0.05, 0.1) is 19.6 Å². The first-order valence-electron chi connectivity index (χ1n) is 8.94. The zero-order chi connectivity index (χ0) is 20.8. The minimum Gasteiger partial charge on any atom is -0.349 e. The summed E-state index contributed by atoms with van der Waals surface area (Å²) in [5, 5.41) is 0. The average Bonchev–Trinajstić information content (AvgIpc) is 3.08. The third kappa shape index (κ3) is 4.17. The largest absolute Gasteiger partial charge is 0.475 e. The molecule has 2 fully saturated rings. The highest BCUT2D eigenvalue weighted by Gasteiger charge is 2.49. The van der Waals surface area contributed by atoms with Crippen LogP contribution in [-0.4, -0.2) is 41.6 Å². The monoisotopic (exact) mass is 429 g/mol. The predicted molar refractivity (Wildman–Crippen MR) is 93.3 cm³/mol. The van der Waals surface area contributed by atoms with Crippen LogP contribution >= 0.6 is 7.82 Å². The molecule has 3 heterocycles. The van der Waals surface area contributed by atoms with Crippen LogP contribution in [0.1, 0.15) is 24.0 Å². The Balaban J connectivity index is 1.39. The quantitative estimate of drug-likeness (QED) is 0.537. The number of nitrogens with zero attached hydrogens (tertiary/aromatic N) is 1. The topological polar surface area (TPSA) is 91.4 Å². The molecule has 1 amide bonds. The number of hydrogen-bond donors (Lipinski definition) is 0. The van der Waals surface area contributed by atoms with E-state index in [0.29, 0.717) is 11.1 Å². The third-order valence-corrected chi connectivity index (χ3v) is 6.32. The van der Waals surface area contributed by atoms with Gasteiger partial charge in [0.25, 0.3) is 0 Å². The first-order valence-corrected chi connectivity index (χ1v) is 10.4. The summed E-state index contributed by atoms with van der Waals surface area (Å²) >= 11 is 0. The number of allylic oxidation sites excluding steroid dienone is 1. The van der Waals surface area contributed by atoms with E-state index in [-0.39, 0.29) is 25.5 Å². The molecule has 4 atom stereocenters. The van der Waals surface area contributed by atoms with Crippen molar-refractivity contribution in [2.24, 2.45) is 0 Å². The summed E-state index contributed by atoms with van der Waals surface area (Å²) in [6.07, 6.45) is -1.85. The molecule has 8 nitrogen and oxygen atoms in total. The number of ketones is 1. The van der Waals surface area contributed by atoms with E-state index in [1.165, 1.54) is 12.1 Å². The molecule has 3 aliphatic rings. The molecule has 0 aromatic heterocycles. The van der Waals surface area contributed by atoms with Gasteiger partial charge in [0.1, 0.15) is 24.3 Å². The van der Waals surface area contributed by atoms with Crippen molar-refractivity contribution < 1.29 is 41.2 Å². The lowest BCUT2D eigenvalue weighted by atomic mass is 10.1. The number of fused-ring (bicyclic) bond motifs is 1. The Morgan fingerprint density at radius 1 is 1.28 bits per heavy atom. The van der Waals surface area contributed by atoms with Crippen LogP contribution in [0, 0.1) is 12.7 Å². The van der Waals surface area contributed by atoms with Crippen molar-refractivity contribution in [2.45, 2.75) is 44.8 Å². The lowest BCUT2D eigenvalue weighted by Crippen LogP contribution is -2.40. The normalized spacial score (nSPS) is 32.3. The van der Waals surface area contributed by atoms with Crippen LogP contribution in [0.2, 0.25) is 0 Å². The molecular weight excluding hydrogens is 411 g/mol.